The second-order valence-electron chi connectivity index (χ2n) is 17.0. The maximum Gasteiger partial charge on any atom is 0.340 e. The first-order chi connectivity index (χ1) is 28.0. The van der Waals surface area contributed by atoms with Crippen LogP contribution in [0.15, 0.2) is 30.3 Å². The fourth-order valence-electron chi connectivity index (χ4n) is 11.4. The smallest absolute Gasteiger partial charge is 0.340 e. The molecule has 0 amide bonds. The molecule has 8 aliphatic rings. The molecule has 11 rings (SSSR count). The van der Waals surface area contributed by atoms with Crippen molar-refractivity contribution < 1.29 is 57.1 Å². The molecule has 58 heavy (non-hydrogen) atoms. The van der Waals surface area contributed by atoms with E-state index in [0.717, 1.165) is 37.1 Å². The lowest BCUT2D eigenvalue weighted by Crippen LogP contribution is -2.55. The Morgan fingerprint density at radius 3 is 1.48 bits per heavy atom. The van der Waals surface area contributed by atoms with Gasteiger partial charge >= 0.3 is 23.9 Å². The Morgan fingerprint density at radius 2 is 1.05 bits per heavy atom. The molecule has 0 spiro atoms. The van der Waals surface area contributed by atoms with Crippen molar-refractivity contribution in [1.29, 1.82) is 0 Å². The third-order valence-electron chi connectivity index (χ3n) is 14.0. The number of esters is 4. The molecule has 2 aromatic carbocycles. The molecule has 2 aliphatic carbocycles. The standard InChI is InChI=1S/C43H43N3O12/c1-18-22(40(47)55-32-9-20-5-7-45(3)36(20)34-24-12-28-30(53-16-51-28)14-26(24)42(49)57-38(32)34)11-23(19(2)44-18)41(48)56-33-10-21-6-8-46(4)37(21)35-25-13-29-31(54-17-52-29)15-27(25)43(50)58-39(33)35/h11-15,20-21,32-39H,5-10,16-17H2,1-4H3. The topological polar surface area (TPSA) is 161 Å². The van der Waals surface area contributed by atoms with E-state index in [1.54, 1.807) is 26.0 Å². The summed E-state index contributed by atoms with van der Waals surface area (Å²) in [7, 11) is 4.15. The van der Waals surface area contributed by atoms with E-state index in [1.165, 1.54) is 6.07 Å². The van der Waals surface area contributed by atoms with E-state index < -0.39 is 48.3 Å². The van der Waals surface area contributed by atoms with E-state index >= 15 is 0 Å². The first kappa shape index (κ1) is 35.7. The number of aryl methyl sites for hydroxylation is 2. The largest absolute Gasteiger partial charge is 0.455 e. The predicted octanol–water partition coefficient (Wildman–Crippen LogP) is 4.30. The first-order valence-electron chi connectivity index (χ1n) is 20.1. The van der Waals surface area contributed by atoms with Crippen LogP contribution in [0, 0.1) is 25.7 Å². The van der Waals surface area contributed by atoms with E-state index in [0.29, 0.717) is 58.4 Å². The first-order valence-corrected chi connectivity index (χ1v) is 20.1. The van der Waals surface area contributed by atoms with Gasteiger partial charge in [0.15, 0.2) is 23.0 Å². The van der Waals surface area contributed by atoms with Crippen LogP contribution in [-0.2, 0) is 18.9 Å². The Morgan fingerprint density at radius 1 is 0.638 bits per heavy atom. The number of pyridine rings is 1. The third-order valence-corrected chi connectivity index (χ3v) is 14.0. The second kappa shape index (κ2) is 13.0. The van der Waals surface area contributed by atoms with Crippen LogP contribution in [0.1, 0.15) is 101 Å². The fourth-order valence-corrected chi connectivity index (χ4v) is 11.4. The molecule has 10 unspecified atom stereocenters. The normalized spacial score (nSPS) is 32.5. The third kappa shape index (κ3) is 5.34. The fraction of sp³-hybridized carbons (Fsp3) is 0.512. The molecule has 0 bridgehead atoms. The highest BCUT2D eigenvalue weighted by Crippen LogP contribution is 2.53. The summed E-state index contributed by atoms with van der Waals surface area (Å²) in [6.45, 7) is 5.24. The number of carbonyl (C=O) groups excluding carboxylic acids is 4. The lowest BCUT2D eigenvalue weighted by Gasteiger charge is -2.48. The van der Waals surface area contributed by atoms with Crippen LogP contribution < -0.4 is 18.9 Å². The van der Waals surface area contributed by atoms with Crippen LogP contribution in [0.2, 0.25) is 0 Å². The molecule has 0 radical (unpaired) electrons. The Balaban J connectivity index is 0.873. The van der Waals surface area contributed by atoms with E-state index in [9.17, 15) is 19.2 Å². The van der Waals surface area contributed by atoms with Crippen LogP contribution in [0.3, 0.4) is 0 Å². The number of likely N-dealkylation sites (N-methyl/N-ethyl adjacent to an activating group) is 2. The summed E-state index contributed by atoms with van der Waals surface area (Å²) < 4.78 is 47.4. The molecule has 302 valence electrons. The van der Waals surface area contributed by atoms with Gasteiger partial charge in [0.1, 0.15) is 24.4 Å². The van der Waals surface area contributed by atoms with Gasteiger partial charge < -0.3 is 47.7 Å². The van der Waals surface area contributed by atoms with Gasteiger partial charge in [-0.2, -0.15) is 0 Å². The van der Waals surface area contributed by atoms with Crippen molar-refractivity contribution >= 4 is 23.9 Å². The van der Waals surface area contributed by atoms with E-state index in [1.807, 2.05) is 12.1 Å². The zero-order valence-corrected chi connectivity index (χ0v) is 32.6. The maximum atomic E-state index is 14.2. The van der Waals surface area contributed by atoms with E-state index in [2.05, 4.69) is 28.9 Å². The molecule has 15 heteroatoms. The van der Waals surface area contributed by atoms with Gasteiger partial charge in [0.05, 0.1) is 33.6 Å². The molecular weight excluding hydrogens is 750 g/mol. The van der Waals surface area contributed by atoms with Crippen molar-refractivity contribution in [3.63, 3.8) is 0 Å². The average Bonchev–Trinajstić information content (AvgIpc) is 4.01. The number of nitrogens with zero attached hydrogens (tertiary/aromatic N) is 3. The van der Waals surface area contributed by atoms with Crippen molar-refractivity contribution in [2.75, 3.05) is 40.8 Å². The number of carbonyl (C=O) groups is 4. The molecule has 7 heterocycles. The summed E-state index contributed by atoms with van der Waals surface area (Å²) in [6.07, 6.45) is -0.156. The van der Waals surface area contributed by atoms with Crippen molar-refractivity contribution in [2.45, 2.75) is 87.9 Å². The van der Waals surface area contributed by atoms with Gasteiger partial charge in [-0.1, -0.05) is 0 Å². The van der Waals surface area contributed by atoms with Gasteiger partial charge in [-0.05, 0) is 120 Å². The molecule has 15 nitrogen and oxygen atoms in total. The molecule has 10 atom stereocenters. The number of rotatable bonds is 4. The summed E-state index contributed by atoms with van der Waals surface area (Å²) in [6, 6.07) is 8.72. The van der Waals surface area contributed by atoms with Crippen LogP contribution >= 0.6 is 0 Å². The van der Waals surface area contributed by atoms with Gasteiger partial charge in [0, 0.05) is 23.9 Å². The van der Waals surface area contributed by atoms with E-state index in [-0.39, 0.29) is 60.5 Å². The summed E-state index contributed by atoms with van der Waals surface area (Å²) in [5.41, 5.74) is 3.44. The minimum absolute atomic E-state index is 0.0655. The Bertz CT molecular complexity index is 2160. The summed E-state index contributed by atoms with van der Waals surface area (Å²) >= 11 is 0. The Labute approximate surface area is 333 Å². The minimum Gasteiger partial charge on any atom is -0.455 e. The lowest BCUT2D eigenvalue weighted by molar-refractivity contribution is -0.0869. The van der Waals surface area contributed by atoms with Gasteiger partial charge in [-0.25, -0.2) is 19.2 Å². The van der Waals surface area contributed by atoms with Crippen LogP contribution in [0.5, 0.6) is 23.0 Å². The highest BCUT2D eigenvalue weighted by molar-refractivity contribution is 5.97. The molecule has 2 saturated carbocycles. The SMILES string of the molecule is Cc1nc(C)c(C(=O)OC2CC3CCN(C)C3C3c4cc5c(cc4C(=O)OC23)OCO5)cc1C(=O)OC1CC2CCN(C)C2C2c3cc4c(cc3C(=O)OC12)OCO4. The van der Waals surface area contributed by atoms with Crippen LogP contribution in [-0.4, -0.2) is 116 Å². The average molecular weight is 794 g/mol. The monoisotopic (exact) mass is 793 g/mol. The van der Waals surface area contributed by atoms with Gasteiger partial charge in [0.25, 0.3) is 0 Å². The second-order valence-corrected chi connectivity index (χ2v) is 17.0. The molecule has 2 saturated heterocycles. The summed E-state index contributed by atoms with van der Waals surface area (Å²) in [4.78, 5) is 64.6. The zero-order valence-electron chi connectivity index (χ0n) is 32.6. The maximum absolute atomic E-state index is 14.2. The number of benzene rings is 2. The minimum atomic E-state index is -0.748. The molecule has 6 aliphatic heterocycles. The van der Waals surface area contributed by atoms with Crippen LogP contribution in [0.25, 0.3) is 0 Å². The number of ether oxygens (including phenoxy) is 8. The molecule has 4 fully saturated rings. The Kier molecular flexibility index (Phi) is 8.04. The highest BCUT2D eigenvalue weighted by Gasteiger charge is 2.57. The van der Waals surface area contributed by atoms with Gasteiger partial charge in [0.2, 0.25) is 13.6 Å². The van der Waals surface area contributed by atoms with Crippen molar-refractivity contribution in [3.05, 3.63) is 75.1 Å². The van der Waals surface area contributed by atoms with E-state index in [4.69, 9.17) is 37.9 Å². The molecule has 3 aromatic rings. The molecule has 1 aromatic heterocycles. The van der Waals surface area contributed by atoms with Crippen molar-refractivity contribution in [1.82, 2.24) is 14.8 Å². The molecule has 0 N–H and O–H groups in total. The number of hydrogen-bond acceptors (Lipinski definition) is 15. The van der Waals surface area contributed by atoms with Gasteiger partial charge in [-0.15, -0.1) is 0 Å². The highest BCUT2D eigenvalue weighted by atomic mass is 16.7. The number of hydrogen-bond donors (Lipinski definition) is 0. The quantitative estimate of drug-likeness (QED) is 0.272. The van der Waals surface area contributed by atoms with Crippen molar-refractivity contribution in [3.8, 4) is 23.0 Å². The van der Waals surface area contributed by atoms with Crippen LogP contribution in [0.4, 0.5) is 0 Å². The number of fused-ring (bicyclic) bond motifs is 12. The Hall–Kier alpha value is -5.41. The van der Waals surface area contributed by atoms with Crippen molar-refractivity contribution in [2.24, 2.45) is 11.8 Å². The zero-order chi connectivity index (χ0) is 39.7. The number of aromatic nitrogens is 1. The number of likely N-dealkylation sites (tertiary alicyclic amines) is 2. The lowest BCUT2D eigenvalue weighted by atomic mass is 9.69. The summed E-state index contributed by atoms with van der Waals surface area (Å²) in [5, 5.41) is 0. The summed E-state index contributed by atoms with van der Waals surface area (Å²) in [5.74, 6) is -0.394. The predicted molar refractivity (Wildman–Crippen MR) is 199 cm³/mol. The molecular formula is C43H43N3O12. The van der Waals surface area contributed by atoms with Gasteiger partial charge in [-0.3, -0.25) is 4.98 Å².